The molecule has 6 heteroatoms. The number of carbonyl (C=O) groups excluding carboxylic acids is 2. The molecule has 0 saturated heterocycles. The number of carbonyl (C=O) groups is 2. The van der Waals surface area contributed by atoms with E-state index >= 15 is 0 Å². The molecule has 1 aliphatic rings. The Bertz CT molecular complexity index is 854. The van der Waals surface area contributed by atoms with Gasteiger partial charge in [-0.15, -0.1) is 0 Å². The van der Waals surface area contributed by atoms with Crippen LogP contribution in [0.3, 0.4) is 0 Å². The van der Waals surface area contributed by atoms with Crippen LogP contribution < -0.4 is 20.7 Å². The molecule has 0 radical (unpaired) electrons. The first-order chi connectivity index (χ1) is 15.0. The maximum atomic E-state index is 12.4. The van der Waals surface area contributed by atoms with Crippen molar-refractivity contribution in [2.45, 2.75) is 64.8 Å². The summed E-state index contributed by atoms with van der Waals surface area (Å²) in [5.41, 5.74) is 2.07. The van der Waals surface area contributed by atoms with E-state index in [0.717, 1.165) is 36.1 Å². The highest BCUT2D eigenvalue weighted by Gasteiger charge is 2.28. The van der Waals surface area contributed by atoms with Gasteiger partial charge in [0.25, 0.3) is 0 Å². The zero-order chi connectivity index (χ0) is 22.1. The lowest BCUT2D eigenvalue weighted by Gasteiger charge is -2.29. The van der Waals surface area contributed by atoms with Crippen LogP contribution in [-0.4, -0.2) is 24.0 Å². The van der Waals surface area contributed by atoms with Gasteiger partial charge in [0.1, 0.15) is 12.4 Å². The van der Waals surface area contributed by atoms with Gasteiger partial charge in [0.05, 0.1) is 0 Å². The average Bonchev–Trinajstić information content (AvgIpc) is 2.77. The fraction of sp³-hybridized carbons (Fsp3) is 0.440. The molecule has 1 aliphatic carbocycles. The van der Waals surface area contributed by atoms with Crippen LogP contribution in [0.4, 0.5) is 4.79 Å². The van der Waals surface area contributed by atoms with Gasteiger partial charge < -0.3 is 20.7 Å². The van der Waals surface area contributed by atoms with Crippen molar-refractivity contribution in [3.63, 3.8) is 0 Å². The fourth-order valence-electron chi connectivity index (χ4n) is 3.89. The van der Waals surface area contributed by atoms with Crippen molar-refractivity contribution < 1.29 is 14.3 Å². The minimum absolute atomic E-state index is 0.0252. The summed E-state index contributed by atoms with van der Waals surface area (Å²) in [5, 5.41) is 8.95. The quantitative estimate of drug-likeness (QED) is 0.597. The van der Waals surface area contributed by atoms with Crippen LogP contribution in [-0.2, 0) is 17.9 Å². The Balaban J connectivity index is 1.43. The van der Waals surface area contributed by atoms with Gasteiger partial charge in [0.15, 0.2) is 0 Å². The van der Waals surface area contributed by atoms with Gasteiger partial charge in [-0.1, -0.05) is 48.9 Å². The van der Waals surface area contributed by atoms with Crippen molar-refractivity contribution in [1.82, 2.24) is 16.0 Å². The second kappa shape index (κ2) is 11.4. The first-order valence-electron chi connectivity index (χ1n) is 11.1. The molecule has 0 aliphatic heterocycles. The van der Waals surface area contributed by atoms with E-state index in [1.54, 1.807) is 0 Å². The predicted molar refractivity (Wildman–Crippen MR) is 122 cm³/mol. The smallest absolute Gasteiger partial charge is 0.315 e. The molecule has 2 atom stereocenters. The van der Waals surface area contributed by atoms with Crippen molar-refractivity contribution >= 4 is 11.9 Å². The highest BCUT2D eigenvalue weighted by molar-refractivity contribution is 5.79. The van der Waals surface area contributed by atoms with Crippen LogP contribution in [0.25, 0.3) is 0 Å². The Kier molecular flexibility index (Phi) is 8.33. The lowest BCUT2D eigenvalue weighted by Crippen LogP contribution is -2.46. The third kappa shape index (κ3) is 7.63. The average molecular weight is 424 g/mol. The van der Waals surface area contributed by atoms with Gasteiger partial charge in [0.2, 0.25) is 5.91 Å². The van der Waals surface area contributed by atoms with Crippen molar-refractivity contribution in [3.05, 3.63) is 65.7 Å². The van der Waals surface area contributed by atoms with Gasteiger partial charge in [-0.25, -0.2) is 4.79 Å². The largest absolute Gasteiger partial charge is 0.489 e. The van der Waals surface area contributed by atoms with Crippen LogP contribution in [0.15, 0.2) is 54.6 Å². The molecule has 2 aromatic rings. The maximum Gasteiger partial charge on any atom is 0.315 e. The monoisotopic (exact) mass is 423 g/mol. The number of urea groups is 1. The second-order valence-electron chi connectivity index (χ2n) is 8.47. The summed E-state index contributed by atoms with van der Waals surface area (Å²) in [6, 6.07) is 17.7. The molecule has 3 rings (SSSR count). The summed E-state index contributed by atoms with van der Waals surface area (Å²) in [6.07, 6.45) is 3.43. The maximum absolute atomic E-state index is 12.4. The number of ether oxygens (including phenoxy) is 1. The molecule has 0 heterocycles. The van der Waals surface area contributed by atoms with Crippen LogP contribution in [0.5, 0.6) is 5.75 Å². The summed E-state index contributed by atoms with van der Waals surface area (Å²) in [6.45, 7) is 4.85. The molecule has 1 fully saturated rings. The third-order valence-electron chi connectivity index (χ3n) is 5.40. The summed E-state index contributed by atoms with van der Waals surface area (Å²) < 4.78 is 5.79. The lowest BCUT2D eigenvalue weighted by atomic mass is 9.85. The normalized spacial score (nSPS) is 18.3. The van der Waals surface area contributed by atoms with Crippen molar-refractivity contribution in [1.29, 1.82) is 0 Å². The first-order valence-corrected chi connectivity index (χ1v) is 11.1. The van der Waals surface area contributed by atoms with Gasteiger partial charge in [-0.05, 0) is 56.4 Å². The summed E-state index contributed by atoms with van der Waals surface area (Å²) in [5.74, 6) is 0.900. The number of amides is 3. The molecular formula is C25H33N3O3. The topological polar surface area (TPSA) is 79.5 Å². The number of benzene rings is 2. The van der Waals surface area contributed by atoms with Gasteiger partial charge >= 0.3 is 6.03 Å². The first kappa shape index (κ1) is 22.7. The molecule has 2 unspecified atom stereocenters. The highest BCUT2D eigenvalue weighted by Crippen LogP contribution is 2.24. The highest BCUT2D eigenvalue weighted by atomic mass is 16.5. The van der Waals surface area contributed by atoms with Crippen LogP contribution in [0.2, 0.25) is 0 Å². The van der Waals surface area contributed by atoms with Crippen LogP contribution >= 0.6 is 0 Å². The van der Waals surface area contributed by atoms with E-state index in [2.05, 4.69) is 16.0 Å². The standard InChI is InChI=1S/C25H33N3O3/c1-18(2)27-24(29)21-10-7-11-22(15-21)28-25(30)26-16-19-8-6-9-20(14-19)17-31-23-12-4-3-5-13-23/h3-6,8-9,12-14,18,21-22H,7,10-11,15-17H2,1-2H3,(H,27,29)(H2,26,28,30). The van der Waals surface area contributed by atoms with Crippen LogP contribution in [0, 0.1) is 5.92 Å². The Labute approximate surface area is 184 Å². The van der Waals surface area contributed by atoms with Crippen molar-refractivity contribution in [2.24, 2.45) is 5.92 Å². The second-order valence-corrected chi connectivity index (χ2v) is 8.47. The Hall–Kier alpha value is -3.02. The molecule has 6 nitrogen and oxygen atoms in total. The molecule has 0 spiro atoms. The predicted octanol–water partition coefficient (Wildman–Crippen LogP) is 4.15. The molecule has 31 heavy (non-hydrogen) atoms. The molecule has 3 N–H and O–H groups in total. The molecule has 0 bridgehead atoms. The summed E-state index contributed by atoms with van der Waals surface area (Å²) in [4.78, 5) is 24.7. The molecule has 1 saturated carbocycles. The number of rotatable bonds is 8. The number of para-hydroxylation sites is 1. The van der Waals surface area contributed by atoms with E-state index in [9.17, 15) is 9.59 Å². The fourth-order valence-corrected chi connectivity index (χ4v) is 3.89. The van der Waals surface area contributed by atoms with E-state index in [4.69, 9.17) is 4.74 Å². The van der Waals surface area contributed by atoms with Gasteiger partial charge in [-0.3, -0.25) is 4.79 Å². The number of hydrogen-bond donors (Lipinski definition) is 3. The van der Waals surface area contributed by atoms with Gasteiger partial charge in [-0.2, -0.15) is 0 Å². The van der Waals surface area contributed by atoms with Crippen LogP contribution in [0.1, 0.15) is 50.7 Å². The third-order valence-corrected chi connectivity index (χ3v) is 5.40. The Morgan fingerprint density at radius 1 is 1.03 bits per heavy atom. The molecule has 3 amide bonds. The van der Waals surface area contributed by atoms with Crippen molar-refractivity contribution in [2.75, 3.05) is 0 Å². The van der Waals surface area contributed by atoms with Gasteiger partial charge in [0, 0.05) is 24.5 Å². The zero-order valence-corrected chi connectivity index (χ0v) is 18.4. The lowest BCUT2D eigenvalue weighted by molar-refractivity contribution is -0.126. The number of hydrogen-bond acceptors (Lipinski definition) is 3. The van der Waals surface area contributed by atoms with E-state index in [1.807, 2.05) is 68.4 Å². The van der Waals surface area contributed by atoms with E-state index < -0.39 is 0 Å². The minimum Gasteiger partial charge on any atom is -0.489 e. The van der Waals surface area contributed by atoms with E-state index in [-0.39, 0.29) is 29.9 Å². The Morgan fingerprint density at radius 3 is 2.58 bits per heavy atom. The minimum atomic E-state index is -0.194. The summed E-state index contributed by atoms with van der Waals surface area (Å²) >= 11 is 0. The molecule has 0 aromatic heterocycles. The number of nitrogens with one attached hydrogen (secondary N) is 3. The molecule has 166 valence electrons. The van der Waals surface area contributed by atoms with E-state index in [1.165, 1.54) is 0 Å². The van der Waals surface area contributed by atoms with E-state index in [0.29, 0.717) is 19.6 Å². The van der Waals surface area contributed by atoms with Crippen molar-refractivity contribution in [3.8, 4) is 5.75 Å². The molecule has 2 aromatic carbocycles. The molecular weight excluding hydrogens is 390 g/mol. The summed E-state index contributed by atoms with van der Waals surface area (Å²) in [7, 11) is 0. The SMILES string of the molecule is CC(C)NC(=O)C1CCCC(NC(=O)NCc2cccc(COc3ccccc3)c2)C1. The zero-order valence-electron chi connectivity index (χ0n) is 18.4. The Morgan fingerprint density at radius 2 is 1.81 bits per heavy atom.